The standard InChI is InChI=1S/C20H25FN2O6S2/c1-15-6-10-18(11-7-15)31(27,28)23-19(20(24)29-2)5-3-4-14-22-30(25,26)17-12-8-16(21)9-13-17/h6-13,19,22-23H,3-5,14H2,1-2H3. The molecule has 31 heavy (non-hydrogen) atoms. The average molecular weight is 473 g/mol. The summed E-state index contributed by atoms with van der Waals surface area (Å²) in [7, 11) is -6.56. The van der Waals surface area contributed by atoms with E-state index in [0.717, 1.165) is 36.9 Å². The first kappa shape index (κ1) is 24.9. The van der Waals surface area contributed by atoms with Crippen molar-refractivity contribution in [1.82, 2.24) is 9.44 Å². The lowest BCUT2D eigenvalue weighted by Crippen LogP contribution is -2.41. The largest absolute Gasteiger partial charge is 0.468 e. The monoisotopic (exact) mass is 472 g/mol. The average Bonchev–Trinajstić information content (AvgIpc) is 2.72. The first-order valence-electron chi connectivity index (χ1n) is 9.47. The van der Waals surface area contributed by atoms with Crippen LogP contribution in [0.15, 0.2) is 58.3 Å². The summed E-state index contributed by atoms with van der Waals surface area (Å²) in [5.74, 6) is -1.27. The van der Waals surface area contributed by atoms with Gasteiger partial charge >= 0.3 is 5.97 Å². The van der Waals surface area contributed by atoms with Gasteiger partial charge in [-0.15, -0.1) is 0 Å². The second-order valence-electron chi connectivity index (χ2n) is 6.86. The van der Waals surface area contributed by atoms with Crippen molar-refractivity contribution in [1.29, 1.82) is 0 Å². The minimum atomic E-state index is -3.93. The molecule has 0 aliphatic carbocycles. The molecule has 0 aromatic heterocycles. The molecule has 11 heteroatoms. The number of esters is 1. The smallest absolute Gasteiger partial charge is 0.323 e. The van der Waals surface area contributed by atoms with E-state index in [0.29, 0.717) is 12.8 Å². The minimum Gasteiger partial charge on any atom is -0.468 e. The number of nitrogens with one attached hydrogen (secondary N) is 2. The first-order valence-corrected chi connectivity index (χ1v) is 12.4. The molecule has 2 N–H and O–H groups in total. The fourth-order valence-corrected chi connectivity index (χ4v) is 5.01. The first-order chi connectivity index (χ1) is 14.5. The van der Waals surface area contributed by atoms with Gasteiger partial charge in [-0.2, -0.15) is 4.72 Å². The summed E-state index contributed by atoms with van der Waals surface area (Å²) >= 11 is 0. The molecule has 0 spiro atoms. The predicted octanol–water partition coefficient (Wildman–Crippen LogP) is 2.10. The lowest BCUT2D eigenvalue weighted by Gasteiger charge is -2.17. The molecule has 0 aliphatic heterocycles. The van der Waals surface area contributed by atoms with Crippen molar-refractivity contribution in [3.63, 3.8) is 0 Å². The molecule has 0 saturated heterocycles. The Bertz CT molecular complexity index is 1090. The number of carbonyl (C=O) groups is 1. The summed E-state index contributed by atoms with van der Waals surface area (Å²) in [4.78, 5) is 12.0. The number of aryl methyl sites for hydroxylation is 1. The van der Waals surface area contributed by atoms with Crippen LogP contribution in [0.2, 0.25) is 0 Å². The third-order valence-corrected chi connectivity index (χ3v) is 7.41. The van der Waals surface area contributed by atoms with Crippen LogP contribution in [-0.4, -0.2) is 42.5 Å². The summed E-state index contributed by atoms with van der Waals surface area (Å²) in [6, 6.07) is 9.49. The molecule has 0 saturated carbocycles. The maximum Gasteiger partial charge on any atom is 0.323 e. The Kier molecular flexibility index (Phi) is 8.69. The molecule has 0 fully saturated rings. The highest BCUT2D eigenvalue weighted by molar-refractivity contribution is 7.89. The Balaban J connectivity index is 1.91. The number of benzene rings is 2. The number of hydrogen-bond acceptors (Lipinski definition) is 6. The zero-order chi connectivity index (χ0) is 23.1. The van der Waals surface area contributed by atoms with Gasteiger partial charge in [-0.3, -0.25) is 4.79 Å². The van der Waals surface area contributed by atoms with E-state index in [9.17, 15) is 26.0 Å². The molecule has 0 aliphatic rings. The van der Waals surface area contributed by atoms with Crippen LogP contribution in [0.25, 0.3) is 0 Å². The summed E-state index contributed by atoms with van der Waals surface area (Å²) in [6.07, 6.45) is 0.818. The van der Waals surface area contributed by atoms with E-state index in [1.807, 2.05) is 6.92 Å². The van der Waals surface area contributed by atoms with Crippen LogP contribution in [0.3, 0.4) is 0 Å². The molecule has 0 bridgehead atoms. The number of ether oxygens (including phenoxy) is 1. The number of rotatable bonds is 11. The Labute approximate surface area is 181 Å². The topological polar surface area (TPSA) is 119 Å². The van der Waals surface area contributed by atoms with Crippen LogP contribution >= 0.6 is 0 Å². The number of halogens is 1. The highest BCUT2D eigenvalue weighted by Gasteiger charge is 2.26. The molecule has 1 unspecified atom stereocenters. The maximum atomic E-state index is 12.9. The SMILES string of the molecule is COC(=O)C(CCCCNS(=O)(=O)c1ccc(F)cc1)NS(=O)(=O)c1ccc(C)cc1. The van der Waals surface area contributed by atoms with Gasteiger partial charge < -0.3 is 4.74 Å². The van der Waals surface area contributed by atoms with Gasteiger partial charge in [0.25, 0.3) is 0 Å². The third kappa shape index (κ3) is 7.39. The Morgan fingerprint density at radius 1 is 0.935 bits per heavy atom. The van der Waals surface area contributed by atoms with Crippen LogP contribution < -0.4 is 9.44 Å². The van der Waals surface area contributed by atoms with Crippen molar-refractivity contribution in [3.05, 3.63) is 59.9 Å². The van der Waals surface area contributed by atoms with Gasteiger partial charge in [-0.25, -0.2) is 25.9 Å². The van der Waals surface area contributed by atoms with Crippen LogP contribution in [0, 0.1) is 12.7 Å². The van der Waals surface area contributed by atoms with Crippen molar-refractivity contribution in [3.8, 4) is 0 Å². The minimum absolute atomic E-state index is 0.0269. The van der Waals surface area contributed by atoms with Crippen LogP contribution in [0.1, 0.15) is 24.8 Å². The lowest BCUT2D eigenvalue weighted by atomic mass is 10.1. The lowest BCUT2D eigenvalue weighted by molar-refractivity contribution is -0.142. The summed E-state index contributed by atoms with van der Waals surface area (Å²) < 4.78 is 71.8. The molecular weight excluding hydrogens is 447 g/mol. The van der Waals surface area contributed by atoms with Gasteiger partial charge in [-0.05, 0) is 62.6 Å². The van der Waals surface area contributed by atoms with Crippen molar-refractivity contribution >= 4 is 26.0 Å². The number of sulfonamides is 2. The van der Waals surface area contributed by atoms with E-state index in [-0.39, 0.29) is 22.8 Å². The summed E-state index contributed by atoms with van der Waals surface area (Å²) in [5.41, 5.74) is 0.895. The number of carbonyl (C=O) groups excluding carboxylic acids is 1. The molecule has 2 aromatic rings. The van der Waals surface area contributed by atoms with E-state index in [1.165, 1.54) is 12.1 Å². The number of methoxy groups -OCH3 is 1. The second-order valence-corrected chi connectivity index (χ2v) is 10.3. The quantitative estimate of drug-likeness (QED) is 0.382. The van der Waals surface area contributed by atoms with Gasteiger partial charge in [0, 0.05) is 6.54 Å². The third-order valence-electron chi connectivity index (χ3n) is 4.45. The van der Waals surface area contributed by atoms with Crippen molar-refractivity contribution in [2.24, 2.45) is 0 Å². The van der Waals surface area contributed by atoms with E-state index in [1.54, 1.807) is 12.1 Å². The molecule has 2 aromatic carbocycles. The fourth-order valence-electron chi connectivity index (χ4n) is 2.72. The number of hydrogen-bond donors (Lipinski definition) is 2. The van der Waals surface area contributed by atoms with Crippen LogP contribution in [0.4, 0.5) is 4.39 Å². The Morgan fingerprint density at radius 3 is 2.06 bits per heavy atom. The van der Waals surface area contributed by atoms with E-state index in [2.05, 4.69) is 14.2 Å². The zero-order valence-electron chi connectivity index (χ0n) is 17.2. The molecule has 0 heterocycles. The molecule has 1 atom stereocenters. The Hall–Kier alpha value is -2.34. The van der Waals surface area contributed by atoms with Crippen LogP contribution in [0.5, 0.6) is 0 Å². The summed E-state index contributed by atoms with van der Waals surface area (Å²) in [5, 5.41) is 0. The summed E-state index contributed by atoms with van der Waals surface area (Å²) in [6.45, 7) is 1.89. The van der Waals surface area contributed by atoms with Gasteiger partial charge in [0.1, 0.15) is 11.9 Å². The van der Waals surface area contributed by atoms with Gasteiger partial charge in [0.15, 0.2) is 0 Å². The Morgan fingerprint density at radius 2 is 1.48 bits per heavy atom. The molecule has 8 nitrogen and oxygen atoms in total. The molecular formula is C20H25FN2O6S2. The second kappa shape index (κ2) is 10.8. The number of unbranched alkanes of at least 4 members (excludes halogenated alkanes) is 1. The highest BCUT2D eigenvalue weighted by Crippen LogP contribution is 2.14. The zero-order valence-corrected chi connectivity index (χ0v) is 18.8. The van der Waals surface area contributed by atoms with E-state index in [4.69, 9.17) is 0 Å². The fraction of sp³-hybridized carbons (Fsp3) is 0.350. The van der Waals surface area contributed by atoms with Gasteiger partial charge in [0.2, 0.25) is 20.0 Å². The van der Waals surface area contributed by atoms with Gasteiger partial charge in [-0.1, -0.05) is 17.7 Å². The van der Waals surface area contributed by atoms with Gasteiger partial charge in [0.05, 0.1) is 16.9 Å². The van der Waals surface area contributed by atoms with Crippen LogP contribution in [-0.2, 0) is 29.6 Å². The maximum absolute atomic E-state index is 12.9. The van der Waals surface area contributed by atoms with E-state index < -0.39 is 37.9 Å². The van der Waals surface area contributed by atoms with Crippen molar-refractivity contribution in [2.75, 3.05) is 13.7 Å². The molecule has 0 radical (unpaired) electrons. The molecule has 0 amide bonds. The van der Waals surface area contributed by atoms with Crippen molar-refractivity contribution in [2.45, 2.75) is 42.0 Å². The van der Waals surface area contributed by atoms with E-state index >= 15 is 0 Å². The highest BCUT2D eigenvalue weighted by atomic mass is 32.2. The molecule has 170 valence electrons. The predicted molar refractivity (Wildman–Crippen MR) is 113 cm³/mol. The molecule has 2 rings (SSSR count). The normalized spacial score (nSPS) is 13.0. The van der Waals surface area contributed by atoms with Crippen molar-refractivity contribution < 1.29 is 30.8 Å².